The fraction of sp³-hybridized carbons (Fsp3) is 0.481. The molecule has 6 heteroatoms. The zero-order valence-corrected chi connectivity index (χ0v) is 19.1. The minimum Gasteiger partial charge on any atom is -0.497 e. The second-order valence-corrected chi connectivity index (χ2v) is 9.42. The van der Waals surface area contributed by atoms with Crippen molar-refractivity contribution in [2.24, 2.45) is 17.8 Å². The predicted octanol–water partition coefficient (Wildman–Crippen LogP) is 5.93. The summed E-state index contributed by atoms with van der Waals surface area (Å²) >= 11 is 0. The largest absolute Gasteiger partial charge is 0.497 e. The smallest absolute Gasteiger partial charge is 0.314 e. The molecule has 0 radical (unpaired) electrons. The van der Waals surface area contributed by atoms with Gasteiger partial charge in [0.05, 0.1) is 18.9 Å². The van der Waals surface area contributed by atoms with Crippen molar-refractivity contribution in [1.29, 1.82) is 0 Å². The van der Waals surface area contributed by atoms with Crippen LogP contribution in [-0.2, 0) is 9.59 Å². The first kappa shape index (κ1) is 23.3. The summed E-state index contributed by atoms with van der Waals surface area (Å²) in [6.45, 7) is 1.74. The first-order chi connectivity index (χ1) is 15.9. The van der Waals surface area contributed by atoms with Crippen molar-refractivity contribution in [3.05, 3.63) is 59.4 Å². The molecule has 2 fully saturated rings. The molecule has 2 atom stereocenters. The van der Waals surface area contributed by atoms with Gasteiger partial charge in [0, 0.05) is 0 Å². The van der Waals surface area contributed by atoms with E-state index in [1.54, 1.807) is 32.2 Å². The van der Waals surface area contributed by atoms with Crippen molar-refractivity contribution >= 4 is 11.9 Å². The highest BCUT2D eigenvalue weighted by atomic mass is 19.1. The lowest BCUT2D eigenvalue weighted by atomic mass is 9.78. The Bertz CT molecular complexity index is 1010. The molecule has 0 spiro atoms. The van der Waals surface area contributed by atoms with Crippen LogP contribution in [-0.4, -0.2) is 24.2 Å². The van der Waals surface area contributed by atoms with Gasteiger partial charge in [0.2, 0.25) is 0 Å². The quantitative estimate of drug-likeness (QED) is 0.395. The van der Waals surface area contributed by atoms with Crippen LogP contribution in [0.2, 0.25) is 0 Å². The fourth-order valence-corrected chi connectivity index (χ4v) is 5.16. The number of methoxy groups -OCH3 is 1. The van der Waals surface area contributed by atoms with E-state index in [-0.39, 0.29) is 29.5 Å². The van der Waals surface area contributed by atoms with E-state index in [0.29, 0.717) is 48.7 Å². The number of carboxylic acid groups (broad SMARTS) is 1. The molecule has 4 rings (SSSR count). The van der Waals surface area contributed by atoms with Gasteiger partial charge in [-0.05, 0) is 97.7 Å². The molecule has 176 valence electrons. The molecule has 2 aromatic rings. The highest BCUT2D eigenvalue weighted by Gasteiger charge is 2.39. The summed E-state index contributed by atoms with van der Waals surface area (Å²) in [6, 6.07) is 12.1. The van der Waals surface area contributed by atoms with E-state index < -0.39 is 11.9 Å². The Morgan fingerprint density at radius 1 is 1.00 bits per heavy atom. The molecule has 5 nitrogen and oxygen atoms in total. The van der Waals surface area contributed by atoms with Gasteiger partial charge in [0.15, 0.2) is 0 Å². The Balaban J connectivity index is 1.39. The standard InChI is InChI=1S/C27H31FO5/c1-16(26(29)30)25(18-8-9-18)20-4-3-5-22(14-20)33-27(31)19-10-6-17(7-11-19)23-15-21(32-2)12-13-24(23)28/h3-5,12-19,25H,6-11H2,1-2H3,(H,29,30)/t16-,17?,19?,25-/m0/s1. The molecule has 0 amide bonds. The van der Waals surface area contributed by atoms with Gasteiger partial charge < -0.3 is 14.6 Å². The Kier molecular flexibility index (Phi) is 7.01. The molecule has 1 N–H and O–H groups in total. The van der Waals surface area contributed by atoms with Crippen LogP contribution in [0.4, 0.5) is 4.39 Å². The number of carbonyl (C=O) groups is 2. The number of halogens is 1. The van der Waals surface area contributed by atoms with Gasteiger partial charge in [-0.3, -0.25) is 9.59 Å². The van der Waals surface area contributed by atoms with Gasteiger partial charge in [0.25, 0.3) is 0 Å². The van der Waals surface area contributed by atoms with E-state index in [4.69, 9.17) is 9.47 Å². The van der Waals surface area contributed by atoms with Crippen molar-refractivity contribution in [3.63, 3.8) is 0 Å². The minimum absolute atomic E-state index is 0.0595. The molecule has 2 aliphatic rings. The maximum atomic E-state index is 14.3. The van der Waals surface area contributed by atoms with E-state index in [1.165, 1.54) is 6.07 Å². The number of esters is 1. The van der Waals surface area contributed by atoms with Crippen molar-refractivity contribution in [1.82, 2.24) is 0 Å². The van der Waals surface area contributed by atoms with Crippen LogP contribution in [0.1, 0.15) is 68.4 Å². The van der Waals surface area contributed by atoms with Crippen molar-refractivity contribution < 1.29 is 28.6 Å². The SMILES string of the molecule is COc1ccc(F)c(C2CCC(C(=O)Oc3cccc([C@H](C4CC4)[C@H](C)C(=O)O)c3)CC2)c1. The molecule has 0 aromatic heterocycles. The molecular weight excluding hydrogens is 423 g/mol. The number of rotatable bonds is 8. The summed E-state index contributed by atoms with van der Waals surface area (Å²) in [4.78, 5) is 24.4. The van der Waals surface area contributed by atoms with E-state index in [2.05, 4.69) is 0 Å². The zero-order chi connectivity index (χ0) is 23.5. The summed E-state index contributed by atoms with van der Waals surface area (Å²) in [6.07, 6.45) is 4.77. The molecule has 2 aromatic carbocycles. The van der Waals surface area contributed by atoms with Crippen molar-refractivity contribution in [2.75, 3.05) is 7.11 Å². The van der Waals surface area contributed by atoms with Crippen LogP contribution in [0.3, 0.4) is 0 Å². The molecule has 0 heterocycles. The molecule has 33 heavy (non-hydrogen) atoms. The third-order valence-corrected chi connectivity index (χ3v) is 7.22. The number of carbonyl (C=O) groups excluding carboxylic acids is 1. The maximum Gasteiger partial charge on any atom is 0.314 e. The Hall–Kier alpha value is -2.89. The molecule has 0 aliphatic heterocycles. The topological polar surface area (TPSA) is 72.8 Å². The van der Waals surface area contributed by atoms with E-state index >= 15 is 0 Å². The third-order valence-electron chi connectivity index (χ3n) is 7.22. The Morgan fingerprint density at radius 2 is 1.73 bits per heavy atom. The van der Waals surface area contributed by atoms with Crippen LogP contribution in [0.5, 0.6) is 11.5 Å². The number of hydrogen-bond donors (Lipinski definition) is 1. The summed E-state index contributed by atoms with van der Waals surface area (Å²) in [5.41, 5.74) is 1.56. The lowest BCUT2D eigenvalue weighted by Crippen LogP contribution is -2.25. The molecule has 2 saturated carbocycles. The molecule has 2 aliphatic carbocycles. The predicted molar refractivity (Wildman–Crippen MR) is 122 cm³/mol. The van der Waals surface area contributed by atoms with E-state index in [9.17, 15) is 19.1 Å². The lowest BCUT2D eigenvalue weighted by Gasteiger charge is -2.28. The second kappa shape index (κ2) is 9.94. The van der Waals surface area contributed by atoms with E-state index in [0.717, 1.165) is 18.4 Å². The van der Waals surface area contributed by atoms with Gasteiger partial charge in [-0.1, -0.05) is 19.1 Å². The normalized spacial score (nSPS) is 22.3. The molecule has 0 bridgehead atoms. The van der Waals surface area contributed by atoms with Gasteiger partial charge >= 0.3 is 11.9 Å². The van der Waals surface area contributed by atoms with Crippen LogP contribution >= 0.6 is 0 Å². The second-order valence-electron chi connectivity index (χ2n) is 9.42. The summed E-state index contributed by atoms with van der Waals surface area (Å²) in [5, 5.41) is 9.51. The number of aliphatic carboxylic acids is 1. The van der Waals surface area contributed by atoms with Crippen LogP contribution in [0.25, 0.3) is 0 Å². The first-order valence-corrected chi connectivity index (χ1v) is 11.7. The van der Waals surface area contributed by atoms with Crippen LogP contribution in [0, 0.1) is 23.6 Å². The third kappa shape index (κ3) is 5.37. The van der Waals surface area contributed by atoms with Gasteiger partial charge in [-0.2, -0.15) is 0 Å². The average Bonchev–Trinajstić information content (AvgIpc) is 3.65. The number of benzene rings is 2. The van der Waals surface area contributed by atoms with E-state index in [1.807, 2.05) is 18.2 Å². The van der Waals surface area contributed by atoms with Gasteiger partial charge in [0.1, 0.15) is 17.3 Å². The number of carboxylic acids is 1. The summed E-state index contributed by atoms with van der Waals surface area (Å²) in [7, 11) is 1.56. The average molecular weight is 455 g/mol. The molecular formula is C27H31FO5. The van der Waals surface area contributed by atoms with Gasteiger partial charge in [-0.15, -0.1) is 0 Å². The highest BCUT2D eigenvalue weighted by molar-refractivity contribution is 5.75. The number of ether oxygens (including phenoxy) is 2. The summed E-state index contributed by atoms with van der Waals surface area (Å²) in [5.74, 6) is -0.584. The Morgan fingerprint density at radius 3 is 2.36 bits per heavy atom. The molecule has 0 unspecified atom stereocenters. The minimum atomic E-state index is -0.807. The molecule has 0 saturated heterocycles. The number of hydrogen-bond acceptors (Lipinski definition) is 4. The van der Waals surface area contributed by atoms with Crippen molar-refractivity contribution in [2.45, 2.75) is 57.3 Å². The van der Waals surface area contributed by atoms with Crippen molar-refractivity contribution in [3.8, 4) is 11.5 Å². The maximum absolute atomic E-state index is 14.3. The highest BCUT2D eigenvalue weighted by Crippen LogP contribution is 2.47. The monoisotopic (exact) mass is 454 g/mol. The van der Waals surface area contributed by atoms with Crippen LogP contribution in [0.15, 0.2) is 42.5 Å². The zero-order valence-electron chi connectivity index (χ0n) is 19.1. The lowest BCUT2D eigenvalue weighted by molar-refractivity contribution is -0.142. The first-order valence-electron chi connectivity index (χ1n) is 11.7. The summed E-state index contributed by atoms with van der Waals surface area (Å²) < 4.78 is 25.3. The van der Waals surface area contributed by atoms with Crippen LogP contribution < -0.4 is 9.47 Å². The Labute approximate surface area is 193 Å². The fourth-order valence-electron chi connectivity index (χ4n) is 5.16. The van der Waals surface area contributed by atoms with Gasteiger partial charge in [-0.25, -0.2) is 4.39 Å².